The van der Waals surface area contributed by atoms with Gasteiger partial charge in [0.25, 0.3) is 5.91 Å². The second kappa shape index (κ2) is 6.55. The summed E-state index contributed by atoms with van der Waals surface area (Å²) in [6.07, 6.45) is 4.70. The minimum Gasteiger partial charge on any atom is -0.339 e. The van der Waals surface area contributed by atoms with E-state index in [1.807, 2.05) is 4.90 Å². The van der Waals surface area contributed by atoms with Crippen molar-refractivity contribution < 1.29 is 4.79 Å². The van der Waals surface area contributed by atoms with Crippen molar-refractivity contribution in [1.29, 1.82) is 0 Å². The van der Waals surface area contributed by atoms with E-state index in [1.54, 1.807) is 18.2 Å². The third kappa shape index (κ3) is 3.36. The van der Waals surface area contributed by atoms with Gasteiger partial charge in [-0.25, -0.2) is 0 Å². The summed E-state index contributed by atoms with van der Waals surface area (Å²) >= 11 is 12.1. The monoisotopic (exact) mass is 326 g/mol. The topological polar surface area (TPSA) is 32.3 Å². The number of hydrogen-bond donors (Lipinski definition) is 1. The van der Waals surface area contributed by atoms with Crippen LogP contribution in [0.15, 0.2) is 18.2 Å². The van der Waals surface area contributed by atoms with Crippen molar-refractivity contribution in [3.05, 3.63) is 33.8 Å². The summed E-state index contributed by atoms with van der Waals surface area (Å²) in [4.78, 5) is 14.5. The summed E-state index contributed by atoms with van der Waals surface area (Å²) in [5, 5.41) is 4.60. The van der Waals surface area contributed by atoms with Crippen LogP contribution in [0.5, 0.6) is 0 Å². The third-order valence-corrected chi connectivity index (χ3v) is 5.22. The first-order chi connectivity index (χ1) is 10.1. The molecule has 0 spiro atoms. The van der Waals surface area contributed by atoms with Gasteiger partial charge in [-0.3, -0.25) is 4.79 Å². The number of nitrogens with zero attached hydrogens (tertiary/aromatic N) is 1. The molecule has 5 heteroatoms. The number of hydrogen-bond acceptors (Lipinski definition) is 2. The number of nitrogens with one attached hydrogen (secondary N) is 1. The SMILES string of the molecule is O=C(c1cc(Cl)ccc1Cl)N1CCC(C2CCCN2)CC1. The Hall–Kier alpha value is -0.770. The highest BCUT2D eigenvalue weighted by atomic mass is 35.5. The van der Waals surface area contributed by atoms with Crippen LogP contribution in [0.4, 0.5) is 0 Å². The minimum absolute atomic E-state index is 0.000307. The van der Waals surface area contributed by atoms with Crippen LogP contribution in [-0.4, -0.2) is 36.5 Å². The Bertz CT molecular complexity index is 521. The molecule has 0 radical (unpaired) electrons. The molecule has 0 saturated carbocycles. The third-order valence-electron chi connectivity index (χ3n) is 4.65. The first kappa shape index (κ1) is 15.1. The van der Waals surface area contributed by atoms with Crippen LogP contribution in [0.3, 0.4) is 0 Å². The highest BCUT2D eigenvalue weighted by Crippen LogP contribution is 2.28. The molecule has 1 aromatic rings. The van der Waals surface area contributed by atoms with Crippen molar-refractivity contribution >= 4 is 29.1 Å². The predicted molar refractivity (Wildman–Crippen MR) is 86.1 cm³/mol. The average molecular weight is 327 g/mol. The molecule has 1 aromatic carbocycles. The average Bonchev–Trinajstić information content (AvgIpc) is 3.03. The molecule has 2 saturated heterocycles. The lowest BCUT2D eigenvalue weighted by Crippen LogP contribution is -2.43. The molecule has 1 unspecified atom stereocenters. The molecule has 1 atom stereocenters. The van der Waals surface area contributed by atoms with Gasteiger partial charge in [0.2, 0.25) is 0 Å². The fourth-order valence-electron chi connectivity index (χ4n) is 3.45. The van der Waals surface area contributed by atoms with Crippen molar-refractivity contribution in [2.45, 2.75) is 31.7 Å². The van der Waals surface area contributed by atoms with Crippen molar-refractivity contribution in [3.63, 3.8) is 0 Å². The maximum Gasteiger partial charge on any atom is 0.255 e. The summed E-state index contributed by atoms with van der Waals surface area (Å²) in [6.45, 7) is 2.76. The maximum absolute atomic E-state index is 12.6. The molecule has 0 aliphatic carbocycles. The van der Waals surface area contributed by atoms with E-state index < -0.39 is 0 Å². The molecule has 3 rings (SSSR count). The Morgan fingerprint density at radius 2 is 1.95 bits per heavy atom. The molecule has 0 aromatic heterocycles. The van der Waals surface area contributed by atoms with E-state index in [-0.39, 0.29) is 5.91 Å². The highest BCUT2D eigenvalue weighted by molar-refractivity contribution is 6.35. The van der Waals surface area contributed by atoms with E-state index in [0.717, 1.165) is 32.5 Å². The first-order valence-corrected chi connectivity index (χ1v) is 8.38. The number of carbonyl (C=O) groups excluding carboxylic acids is 1. The molecule has 1 amide bonds. The molecule has 114 valence electrons. The zero-order valence-electron chi connectivity index (χ0n) is 11.9. The van der Waals surface area contributed by atoms with Gasteiger partial charge in [0.05, 0.1) is 10.6 Å². The van der Waals surface area contributed by atoms with Crippen molar-refractivity contribution in [2.24, 2.45) is 5.92 Å². The standard InChI is InChI=1S/C16H20Cl2N2O/c17-12-3-4-14(18)13(10-12)16(21)20-8-5-11(6-9-20)15-2-1-7-19-15/h3-4,10-11,15,19H,1-2,5-9H2. The molecule has 2 aliphatic heterocycles. The van der Waals surface area contributed by atoms with Gasteiger partial charge in [0.1, 0.15) is 0 Å². The molecule has 21 heavy (non-hydrogen) atoms. The zero-order chi connectivity index (χ0) is 14.8. The van der Waals surface area contributed by atoms with Crippen molar-refractivity contribution in [2.75, 3.05) is 19.6 Å². The van der Waals surface area contributed by atoms with Crippen LogP contribution in [0.2, 0.25) is 10.0 Å². The van der Waals surface area contributed by atoms with Crippen molar-refractivity contribution in [3.8, 4) is 0 Å². The van der Waals surface area contributed by atoms with Crippen LogP contribution >= 0.6 is 23.2 Å². The minimum atomic E-state index is 0.000307. The molecule has 1 N–H and O–H groups in total. The fourth-order valence-corrected chi connectivity index (χ4v) is 3.82. The number of rotatable bonds is 2. The first-order valence-electron chi connectivity index (χ1n) is 7.63. The number of halogens is 2. The number of carbonyl (C=O) groups is 1. The van der Waals surface area contributed by atoms with E-state index in [2.05, 4.69) is 5.32 Å². The zero-order valence-corrected chi connectivity index (χ0v) is 13.5. The molecule has 0 bridgehead atoms. The molecule has 3 nitrogen and oxygen atoms in total. The van der Waals surface area contributed by atoms with Gasteiger partial charge >= 0.3 is 0 Å². The lowest BCUT2D eigenvalue weighted by Gasteiger charge is -2.35. The van der Waals surface area contributed by atoms with Gasteiger partial charge in [-0.2, -0.15) is 0 Å². The van der Waals surface area contributed by atoms with Gasteiger partial charge in [-0.1, -0.05) is 23.2 Å². The van der Waals surface area contributed by atoms with Crippen LogP contribution in [0.1, 0.15) is 36.0 Å². The Kier molecular flexibility index (Phi) is 4.72. The van der Waals surface area contributed by atoms with Crippen LogP contribution in [0.25, 0.3) is 0 Å². The van der Waals surface area contributed by atoms with Crippen molar-refractivity contribution in [1.82, 2.24) is 10.2 Å². The quantitative estimate of drug-likeness (QED) is 0.900. The van der Waals surface area contributed by atoms with E-state index in [1.165, 1.54) is 12.8 Å². The lowest BCUT2D eigenvalue weighted by atomic mass is 9.88. The number of piperidine rings is 1. The second-order valence-electron chi connectivity index (χ2n) is 5.96. The van der Waals surface area contributed by atoms with Gasteiger partial charge in [-0.15, -0.1) is 0 Å². The largest absolute Gasteiger partial charge is 0.339 e. The van der Waals surface area contributed by atoms with E-state index in [9.17, 15) is 4.79 Å². The van der Waals surface area contributed by atoms with Crippen LogP contribution < -0.4 is 5.32 Å². The van der Waals surface area contributed by atoms with E-state index in [0.29, 0.717) is 27.6 Å². The molecule has 2 aliphatic rings. The van der Waals surface area contributed by atoms with Crippen LogP contribution in [-0.2, 0) is 0 Å². The smallest absolute Gasteiger partial charge is 0.255 e. The summed E-state index contributed by atoms with van der Waals surface area (Å²) in [5.74, 6) is 0.701. The van der Waals surface area contributed by atoms with Gasteiger partial charge in [0, 0.05) is 24.2 Å². The Morgan fingerprint density at radius 1 is 1.19 bits per heavy atom. The molecule has 2 heterocycles. The summed E-state index contributed by atoms with van der Waals surface area (Å²) < 4.78 is 0. The summed E-state index contributed by atoms with van der Waals surface area (Å²) in [5.41, 5.74) is 0.515. The number of likely N-dealkylation sites (tertiary alicyclic amines) is 1. The highest BCUT2D eigenvalue weighted by Gasteiger charge is 2.30. The Balaban J connectivity index is 1.63. The van der Waals surface area contributed by atoms with E-state index >= 15 is 0 Å². The van der Waals surface area contributed by atoms with Gasteiger partial charge in [0.15, 0.2) is 0 Å². The molecular weight excluding hydrogens is 307 g/mol. The molecule has 2 fully saturated rings. The Morgan fingerprint density at radius 3 is 2.62 bits per heavy atom. The predicted octanol–water partition coefficient (Wildman–Crippen LogP) is 3.60. The summed E-state index contributed by atoms with van der Waals surface area (Å²) in [6, 6.07) is 5.71. The normalized spacial score (nSPS) is 23.5. The number of amides is 1. The van der Waals surface area contributed by atoms with Gasteiger partial charge < -0.3 is 10.2 Å². The lowest BCUT2D eigenvalue weighted by molar-refractivity contribution is 0.0674. The number of benzene rings is 1. The fraction of sp³-hybridized carbons (Fsp3) is 0.562. The summed E-state index contributed by atoms with van der Waals surface area (Å²) in [7, 11) is 0. The Labute approximate surface area is 135 Å². The molecular formula is C16H20Cl2N2O. The van der Waals surface area contributed by atoms with E-state index in [4.69, 9.17) is 23.2 Å². The van der Waals surface area contributed by atoms with Gasteiger partial charge in [-0.05, 0) is 56.3 Å². The maximum atomic E-state index is 12.6. The van der Waals surface area contributed by atoms with Crippen LogP contribution in [0, 0.1) is 5.92 Å². The second-order valence-corrected chi connectivity index (χ2v) is 6.80.